The Morgan fingerprint density at radius 3 is 3.04 bits per heavy atom. The zero-order valence-electron chi connectivity index (χ0n) is 15.8. The maximum absolute atomic E-state index is 12.4. The van der Waals surface area contributed by atoms with Crippen LogP contribution in [0.5, 0.6) is 0 Å². The van der Waals surface area contributed by atoms with E-state index in [4.69, 9.17) is 4.74 Å². The Kier molecular flexibility index (Phi) is 5.08. The lowest BCUT2D eigenvalue weighted by Gasteiger charge is -2.26. The minimum Gasteiger partial charge on any atom is -0.456 e. The largest absolute Gasteiger partial charge is 0.456 e. The molecule has 0 saturated carbocycles. The van der Waals surface area contributed by atoms with E-state index in [1.54, 1.807) is 20.8 Å². The van der Waals surface area contributed by atoms with Crippen LogP contribution in [-0.4, -0.2) is 49.5 Å². The summed E-state index contributed by atoms with van der Waals surface area (Å²) in [5, 5.41) is 6.20. The van der Waals surface area contributed by atoms with Gasteiger partial charge in [-0.2, -0.15) is 10.1 Å². The maximum Gasteiger partial charge on any atom is 0.306 e. The van der Waals surface area contributed by atoms with E-state index in [-0.39, 0.29) is 24.9 Å². The van der Waals surface area contributed by atoms with Crippen LogP contribution in [0, 0.1) is 13.8 Å². The minimum absolute atomic E-state index is 0.150. The molecule has 0 saturated heterocycles. The van der Waals surface area contributed by atoms with Crippen molar-refractivity contribution in [1.29, 1.82) is 0 Å². The highest BCUT2D eigenvalue weighted by molar-refractivity contribution is 7.10. The number of esters is 1. The number of hydrogen-bond acceptors (Lipinski definition) is 7. The third kappa shape index (κ3) is 3.62. The fourth-order valence-electron chi connectivity index (χ4n) is 3.51. The number of ether oxygens (including phenoxy) is 1. The second-order valence-electron chi connectivity index (χ2n) is 6.83. The molecule has 0 N–H and O–H groups in total. The van der Waals surface area contributed by atoms with Crippen molar-refractivity contribution in [2.75, 3.05) is 13.2 Å². The summed E-state index contributed by atoms with van der Waals surface area (Å²) in [5.74, 6) is 0.00423. The third-order valence-electron chi connectivity index (χ3n) is 5.08. The van der Waals surface area contributed by atoms with Gasteiger partial charge in [-0.1, -0.05) is 0 Å². The molecule has 0 aliphatic carbocycles. The van der Waals surface area contributed by atoms with Crippen LogP contribution in [0.1, 0.15) is 33.8 Å². The molecule has 4 rings (SSSR count). The van der Waals surface area contributed by atoms with Gasteiger partial charge in [-0.3, -0.25) is 9.59 Å². The van der Waals surface area contributed by atoms with Crippen LogP contribution in [-0.2, 0) is 33.7 Å². The summed E-state index contributed by atoms with van der Waals surface area (Å²) < 4.78 is 6.88. The summed E-state index contributed by atoms with van der Waals surface area (Å²) in [5.41, 5.74) is 3.87. The molecule has 0 bridgehead atoms. The lowest BCUT2D eigenvalue weighted by atomic mass is 10.1. The van der Waals surface area contributed by atoms with Crippen LogP contribution in [0.15, 0.2) is 17.8 Å². The van der Waals surface area contributed by atoms with Crippen LogP contribution < -0.4 is 0 Å². The van der Waals surface area contributed by atoms with Crippen LogP contribution in [0.3, 0.4) is 0 Å². The van der Waals surface area contributed by atoms with E-state index < -0.39 is 0 Å². The minimum atomic E-state index is -0.390. The molecule has 3 aromatic rings. The van der Waals surface area contributed by atoms with Crippen LogP contribution >= 0.6 is 11.3 Å². The molecule has 1 aliphatic rings. The Balaban J connectivity index is 1.30. The summed E-state index contributed by atoms with van der Waals surface area (Å²) in [6.45, 7) is 4.87. The van der Waals surface area contributed by atoms with Crippen molar-refractivity contribution in [1.82, 2.24) is 24.5 Å². The van der Waals surface area contributed by atoms with Crippen LogP contribution in [0.2, 0.25) is 0 Å². The number of hydrogen-bond donors (Lipinski definition) is 0. The predicted octanol–water partition coefficient (Wildman–Crippen LogP) is 1.86. The van der Waals surface area contributed by atoms with Crippen molar-refractivity contribution in [3.8, 4) is 0 Å². The van der Waals surface area contributed by atoms with Crippen molar-refractivity contribution in [3.63, 3.8) is 0 Å². The van der Waals surface area contributed by atoms with Gasteiger partial charge < -0.3 is 9.64 Å². The lowest BCUT2D eigenvalue weighted by molar-refractivity contribution is -0.152. The van der Waals surface area contributed by atoms with Gasteiger partial charge in [0.2, 0.25) is 0 Å². The normalized spacial score (nSPS) is 13.6. The van der Waals surface area contributed by atoms with Gasteiger partial charge in [-0.25, -0.2) is 9.50 Å². The molecular weight excluding hydrogens is 378 g/mol. The first-order valence-corrected chi connectivity index (χ1v) is 10.1. The summed E-state index contributed by atoms with van der Waals surface area (Å²) >= 11 is 1.73. The molecule has 0 spiro atoms. The van der Waals surface area contributed by atoms with E-state index in [1.807, 2.05) is 19.2 Å². The molecule has 0 fully saturated rings. The molecule has 0 unspecified atom stereocenters. The SMILES string of the molecule is Cc1nc2ncnn2c(C)c1CCC(=O)OCC(=O)N1CCc2sccc2C1. The molecule has 3 aromatic heterocycles. The molecule has 28 heavy (non-hydrogen) atoms. The maximum atomic E-state index is 12.4. The molecule has 146 valence electrons. The van der Waals surface area contributed by atoms with Gasteiger partial charge in [0.1, 0.15) is 6.33 Å². The topological polar surface area (TPSA) is 89.7 Å². The van der Waals surface area contributed by atoms with Crippen molar-refractivity contribution in [2.24, 2.45) is 0 Å². The highest BCUT2D eigenvalue weighted by Crippen LogP contribution is 2.24. The summed E-state index contributed by atoms with van der Waals surface area (Å²) in [6.07, 6.45) is 2.99. The molecule has 0 atom stereocenters. The second kappa shape index (κ2) is 7.67. The first-order valence-electron chi connectivity index (χ1n) is 9.17. The third-order valence-corrected chi connectivity index (χ3v) is 6.11. The smallest absolute Gasteiger partial charge is 0.306 e. The summed E-state index contributed by atoms with van der Waals surface area (Å²) in [7, 11) is 0. The molecule has 1 aliphatic heterocycles. The number of aromatic nitrogens is 4. The van der Waals surface area contributed by atoms with E-state index >= 15 is 0 Å². The molecule has 8 nitrogen and oxygen atoms in total. The first-order chi connectivity index (χ1) is 13.5. The van der Waals surface area contributed by atoms with Crippen molar-refractivity contribution in [2.45, 2.75) is 39.7 Å². The average Bonchev–Trinajstić information content (AvgIpc) is 3.34. The van der Waals surface area contributed by atoms with Gasteiger partial charge in [0.05, 0.1) is 0 Å². The van der Waals surface area contributed by atoms with Crippen LogP contribution in [0.4, 0.5) is 0 Å². The number of fused-ring (bicyclic) bond motifs is 2. The Labute approximate surface area is 166 Å². The predicted molar refractivity (Wildman–Crippen MR) is 103 cm³/mol. The monoisotopic (exact) mass is 399 g/mol. The summed E-state index contributed by atoms with van der Waals surface area (Å²) in [6, 6.07) is 2.05. The van der Waals surface area contributed by atoms with Crippen LogP contribution in [0.25, 0.3) is 5.78 Å². The zero-order chi connectivity index (χ0) is 19.7. The van der Waals surface area contributed by atoms with Gasteiger partial charge in [0.25, 0.3) is 11.7 Å². The van der Waals surface area contributed by atoms with E-state index in [0.717, 1.165) is 23.4 Å². The fraction of sp³-hybridized carbons (Fsp3) is 0.421. The fourth-order valence-corrected chi connectivity index (χ4v) is 4.40. The van der Waals surface area contributed by atoms with Crippen molar-refractivity contribution >= 4 is 29.0 Å². The Hall–Kier alpha value is -2.81. The Bertz CT molecular complexity index is 1040. The second-order valence-corrected chi connectivity index (χ2v) is 7.83. The molecule has 1 amide bonds. The van der Waals surface area contributed by atoms with Gasteiger partial charge in [-0.05, 0) is 49.3 Å². The van der Waals surface area contributed by atoms with Crippen molar-refractivity contribution in [3.05, 3.63) is 45.2 Å². The highest BCUT2D eigenvalue weighted by Gasteiger charge is 2.22. The highest BCUT2D eigenvalue weighted by atomic mass is 32.1. The first kappa shape index (κ1) is 18.5. The molecule has 9 heteroatoms. The number of carbonyl (C=O) groups excluding carboxylic acids is 2. The zero-order valence-corrected chi connectivity index (χ0v) is 16.7. The number of amides is 1. The lowest BCUT2D eigenvalue weighted by Crippen LogP contribution is -2.38. The van der Waals surface area contributed by atoms with Crippen molar-refractivity contribution < 1.29 is 14.3 Å². The van der Waals surface area contributed by atoms with Gasteiger partial charge in [-0.15, -0.1) is 11.3 Å². The standard InChI is InChI=1S/C19H21N5O3S/c1-12-15(13(2)24-19(22-12)20-11-21-24)3-4-18(26)27-10-17(25)23-7-5-16-14(9-23)6-8-28-16/h6,8,11H,3-5,7,9-10H2,1-2H3. The number of nitrogens with zero attached hydrogens (tertiary/aromatic N) is 5. The Morgan fingerprint density at radius 1 is 1.32 bits per heavy atom. The van der Waals surface area contributed by atoms with E-state index in [2.05, 4.69) is 21.1 Å². The Morgan fingerprint density at radius 2 is 2.18 bits per heavy atom. The van der Waals surface area contributed by atoms with E-state index in [1.165, 1.54) is 16.8 Å². The number of thiophene rings is 1. The van der Waals surface area contributed by atoms with Gasteiger partial charge >= 0.3 is 5.97 Å². The van der Waals surface area contributed by atoms with Gasteiger partial charge in [0.15, 0.2) is 6.61 Å². The van der Waals surface area contributed by atoms with E-state index in [0.29, 0.717) is 25.3 Å². The van der Waals surface area contributed by atoms with Gasteiger partial charge in [0, 0.05) is 35.8 Å². The number of carbonyl (C=O) groups is 2. The number of aryl methyl sites for hydroxylation is 2. The quantitative estimate of drug-likeness (QED) is 0.609. The van der Waals surface area contributed by atoms with E-state index in [9.17, 15) is 9.59 Å². The molecule has 4 heterocycles. The number of rotatable bonds is 5. The molecular formula is C19H21N5O3S. The molecule has 0 radical (unpaired) electrons. The molecule has 0 aromatic carbocycles. The summed E-state index contributed by atoms with van der Waals surface area (Å²) in [4.78, 5) is 36.1. The average molecular weight is 399 g/mol.